The molecule has 0 radical (unpaired) electrons. The zero-order chi connectivity index (χ0) is 15.0. The number of halogens is 1. The van der Waals surface area contributed by atoms with Crippen LogP contribution in [-0.4, -0.2) is 12.7 Å². The van der Waals surface area contributed by atoms with E-state index in [2.05, 4.69) is 11.9 Å². The summed E-state index contributed by atoms with van der Waals surface area (Å²) >= 11 is 5.97. The van der Waals surface area contributed by atoms with E-state index in [9.17, 15) is 4.79 Å². The Morgan fingerprint density at radius 3 is 2.90 bits per heavy atom. The van der Waals surface area contributed by atoms with Crippen LogP contribution in [0.5, 0.6) is 0 Å². The van der Waals surface area contributed by atoms with Crippen LogP contribution in [0.3, 0.4) is 0 Å². The zero-order valence-electron chi connectivity index (χ0n) is 11.2. The second kappa shape index (κ2) is 8.07. The quantitative estimate of drug-likeness (QED) is 0.812. The molecule has 0 spiro atoms. The molecule has 0 unspecified atom stereocenters. The topological polar surface area (TPSA) is 64.3 Å². The van der Waals surface area contributed by atoms with E-state index in [1.165, 1.54) is 6.20 Å². The van der Waals surface area contributed by atoms with Gasteiger partial charge in [0, 0.05) is 10.7 Å². The predicted octanol–water partition coefficient (Wildman–Crippen LogP) is 3.78. The lowest BCUT2D eigenvalue weighted by Crippen LogP contribution is -2.15. The molecule has 0 saturated heterocycles. The lowest BCUT2D eigenvalue weighted by Gasteiger charge is -2.08. The molecule has 106 valence electrons. The van der Waals surface area contributed by atoms with Crippen molar-refractivity contribution >= 4 is 23.4 Å². The highest BCUT2D eigenvalue weighted by atomic mass is 35.5. The summed E-state index contributed by atoms with van der Waals surface area (Å²) < 4.78 is 5.07. The summed E-state index contributed by atoms with van der Waals surface area (Å²) in [5.41, 5.74) is 7.55. The highest BCUT2D eigenvalue weighted by Gasteiger charge is 2.05. The Hall–Kier alpha value is -2.20. The smallest absolute Gasteiger partial charge is 0.411 e. The molecular weight excluding hydrogens is 276 g/mol. The zero-order valence-corrected chi connectivity index (χ0v) is 12.0. The molecular formula is C15H17ClN2O2. The number of carbonyl (C=O) groups is 1. The second-order valence-corrected chi connectivity index (χ2v) is 4.41. The Kier molecular flexibility index (Phi) is 6.40. The highest BCUT2D eigenvalue weighted by Crippen LogP contribution is 2.20. The van der Waals surface area contributed by atoms with Gasteiger partial charge >= 0.3 is 6.09 Å². The van der Waals surface area contributed by atoms with E-state index in [1.807, 2.05) is 13.0 Å². The first-order valence-corrected chi connectivity index (χ1v) is 6.34. The monoisotopic (exact) mass is 292 g/mol. The molecule has 1 aromatic carbocycles. The van der Waals surface area contributed by atoms with Gasteiger partial charge in [0.05, 0.1) is 0 Å². The van der Waals surface area contributed by atoms with Crippen molar-refractivity contribution in [3.8, 4) is 0 Å². The van der Waals surface area contributed by atoms with E-state index < -0.39 is 6.09 Å². The predicted molar refractivity (Wildman–Crippen MR) is 82.8 cm³/mol. The molecule has 0 saturated carbocycles. The number of nitrogens with two attached hydrogens (primary N) is 1. The normalized spacial score (nSPS) is 11.4. The van der Waals surface area contributed by atoms with Crippen LogP contribution in [0.15, 0.2) is 54.8 Å². The summed E-state index contributed by atoms with van der Waals surface area (Å²) in [4.78, 5) is 11.6. The van der Waals surface area contributed by atoms with E-state index in [4.69, 9.17) is 22.1 Å². The lowest BCUT2D eigenvalue weighted by molar-refractivity contribution is 0.172. The fourth-order valence-corrected chi connectivity index (χ4v) is 1.58. The summed E-state index contributed by atoms with van der Waals surface area (Å²) in [6, 6.07) is 5.24. The molecule has 3 N–H and O–H groups in total. The van der Waals surface area contributed by atoms with Gasteiger partial charge in [-0.3, -0.25) is 5.32 Å². The molecule has 20 heavy (non-hydrogen) atoms. The third-order valence-electron chi connectivity index (χ3n) is 2.43. The van der Waals surface area contributed by atoms with Gasteiger partial charge < -0.3 is 10.5 Å². The minimum Gasteiger partial charge on any atom is -0.444 e. The van der Waals surface area contributed by atoms with Crippen molar-refractivity contribution in [2.75, 3.05) is 11.9 Å². The van der Waals surface area contributed by atoms with Gasteiger partial charge in [-0.25, -0.2) is 4.79 Å². The van der Waals surface area contributed by atoms with Crippen molar-refractivity contribution < 1.29 is 9.53 Å². The first kappa shape index (κ1) is 15.9. The van der Waals surface area contributed by atoms with Crippen molar-refractivity contribution in [3.05, 3.63) is 65.4 Å². The maximum Gasteiger partial charge on any atom is 0.411 e. The standard InChI is InChI=1S/C15H17ClN2O2/c1-3-4-12(7-8-17)10-20-15(19)18-13-6-5-11(2)14(16)9-13/h3-9H,1,10,17H2,2H3,(H,18,19)/b8-7-,12-4+. The Morgan fingerprint density at radius 1 is 1.55 bits per heavy atom. The van der Waals surface area contributed by atoms with Gasteiger partial charge in [0.25, 0.3) is 0 Å². The Morgan fingerprint density at radius 2 is 2.30 bits per heavy atom. The van der Waals surface area contributed by atoms with Crippen molar-refractivity contribution in [1.82, 2.24) is 0 Å². The van der Waals surface area contributed by atoms with Crippen LogP contribution >= 0.6 is 11.6 Å². The SMILES string of the molecule is C=C/C=C(\C=C/N)COC(=O)Nc1ccc(C)c(Cl)c1. The number of carbonyl (C=O) groups excluding carboxylic acids is 1. The molecule has 0 heterocycles. The molecule has 0 aliphatic heterocycles. The number of benzene rings is 1. The molecule has 1 amide bonds. The van der Waals surface area contributed by atoms with Crippen molar-refractivity contribution in [1.29, 1.82) is 0 Å². The van der Waals surface area contributed by atoms with Crippen molar-refractivity contribution in [2.24, 2.45) is 5.73 Å². The van der Waals surface area contributed by atoms with E-state index in [1.54, 1.807) is 30.4 Å². The summed E-state index contributed by atoms with van der Waals surface area (Å²) in [7, 11) is 0. The third kappa shape index (κ3) is 5.20. The van der Waals surface area contributed by atoms with Crippen LogP contribution in [0.4, 0.5) is 10.5 Å². The van der Waals surface area contributed by atoms with Crippen LogP contribution in [0.25, 0.3) is 0 Å². The average molecular weight is 293 g/mol. The maximum absolute atomic E-state index is 11.6. The van der Waals surface area contributed by atoms with Crippen LogP contribution in [-0.2, 0) is 4.74 Å². The fraction of sp³-hybridized carbons (Fsp3) is 0.133. The van der Waals surface area contributed by atoms with Crippen molar-refractivity contribution in [3.63, 3.8) is 0 Å². The van der Waals surface area contributed by atoms with Gasteiger partial charge in [-0.1, -0.05) is 36.4 Å². The molecule has 0 bridgehead atoms. The highest BCUT2D eigenvalue weighted by molar-refractivity contribution is 6.31. The minimum atomic E-state index is -0.565. The minimum absolute atomic E-state index is 0.102. The first-order valence-electron chi connectivity index (χ1n) is 5.96. The van der Waals surface area contributed by atoms with Gasteiger partial charge in [-0.2, -0.15) is 0 Å². The maximum atomic E-state index is 11.6. The molecule has 0 atom stereocenters. The third-order valence-corrected chi connectivity index (χ3v) is 2.84. The van der Waals surface area contributed by atoms with Gasteiger partial charge in [-0.05, 0) is 42.5 Å². The van der Waals surface area contributed by atoms with Gasteiger partial charge in [0.1, 0.15) is 6.61 Å². The molecule has 0 aromatic heterocycles. The molecule has 1 rings (SSSR count). The number of hydrogen-bond donors (Lipinski definition) is 2. The number of ether oxygens (including phenoxy) is 1. The van der Waals surface area contributed by atoms with E-state index >= 15 is 0 Å². The van der Waals surface area contributed by atoms with Crippen LogP contribution in [0.2, 0.25) is 5.02 Å². The Balaban J connectivity index is 2.57. The summed E-state index contributed by atoms with van der Waals surface area (Å²) in [6.07, 6.45) is 5.74. The van der Waals surface area contributed by atoms with Gasteiger partial charge in [-0.15, -0.1) is 0 Å². The fourth-order valence-electron chi connectivity index (χ4n) is 1.40. The molecule has 1 aromatic rings. The number of amides is 1. The molecule has 5 heteroatoms. The largest absolute Gasteiger partial charge is 0.444 e. The number of aryl methyl sites for hydroxylation is 1. The molecule has 0 aliphatic carbocycles. The first-order chi connectivity index (χ1) is 9.56. The van der Waals surface area contributed by atoms with Crippen LogP contribution in [0.1, 0.15) is 5.56 Å². The number of hydrogen-bond acceptors (Lipinski definition) is 3. The number of anilines is 1. The van der Waals surface area contributed by atoms with E-state index in [-0.39, 0.29) is 6.61 Å². The number of rotatable bonds is 5. The van der Waals surface area contributed by atoms with Crippen molar-refractivity contribution in [2.45, 2.75) is 6.92 Å². The summed E-state index contributed by atoms with van der Waals surface area (Å²) in [5.74, 6) is 0. The van der Waals surface area contributed by atoms with Gasteiger partial charge in [0.2, 0.25) is 0 Å². The Bertz CT molecular complexity index is 551. The van der Waals surface area contributed by atoms with E-state index in [0.29, 0.717) is 10.7 Å². The number of allylic oxidation sites excluding steroid dienone is 2. The van der Waals surface area contributed by atoms with Crippen LogP contribution in [0, 0.1) is 6.92 Å². The van der Waals surface area contributed by atoms with E-state index in [0.717, 1.165) is 11.1 Å². The second-order valence-electron chi connectivity index (χ2n) is 4.00. The Labute approximate surface area is 123 Å². The summed E-state index contributed by atoms with van der Waals surface area (Å²) in [6.45, 7) is 5.56. The van der Waals surface area contributed by atoms with Crippen LogP contribution < -0.4 is 11.1 Å². The lowest BCUT2D eigenvalue weighted by atomic mass is 10.2. The number of nitrogens with one attached hydrogen (secondary N) is 1. The average Bonchev–Trinajstić information content (AvgIpc) is 2.41. The summed E-state index contributed by atoms with van der Waals surface area (Å²) in [5, 5.41) is 3.18. The molecule has 0 aliphatic rings. The van der Waals surface area contributed by atoms with Gasteiger partial charge in [0.15, 0.2) is 0 Å². The molecule has 4 nitrogen and oxygen atoms in total. The molecule has 0 fully saturated rings.